The summed E-state index contributed by atoms with van der Waals surface area (Å²) in [4.78, 5) is 18.1. The van der Waals surface area contributed by atoms with Crippen molar-refractivity contribution < 1.29 is 14.6 Å². The molecule has 30 heavy (non-hydrogen) atoms. The second-order valence-corrected chi connectivity index (χ2v) is 10.2. The van der Waals surface area contributed by atoms with Crippen molar-refractivity contribution in [3.05, 3.63) is 36.0 Å². The van der Waals surface area contributed by atoms with Crippen molar-refractivity contribution in [1.29, 1.82) is 0 Å². The fourth-order valence-electron chi connectivity index (χ4n) is 4.95. The maximum Gasteiger partial charge on any atom is 0.307 e. The van der Waals surface area contributed by atoms with Crippen molar-refractivity contribution in [2.75, 3.05) is 13.1 Å². The maximum absolute atomic E-state index is 11.2. The molecule has 2 aromatic rings. The first kappa shape index (κ1) is 21.1. The van der Waals surface area contributed by atoms with Crippen LogP contribution in [0.15, 0.2) is 30.3 Å². The highest BCUT2D eigenvalue weighted by atomic mass is 16.5. The van der Waals surface area contributed by atoms with Crippen molar-refractivity contribution in [2.45, 2.75) is 65.5 Å². The molecule has 0 radical (unpaired) electrons. The number of ether oxygens (including phenoxy) is 1. The van der Waals surface area contributed by atoms with E-state index in [-0.39, 0.29) is 5.92 Å². The van der Waals surface area contributed by atoms with Gasteiger partial charge in [0.05, 0.1) is 23.2 Å². The second-order valence-electron chi connectivity index (χ2n) is 10.2. The zero-order chi connectivity index (χ0) is 21.3. The van der Waals surface area contributed by atoms with Crippen LogP contribution in [0, 0.1) is 17.3 Å². The number of pyridine rings is 1. The summed E-state index contributed by atoms with van der Waals surface area (Å²) in [6.45, 7) is 9.17. The minimum Gasteiger partial charge on any atom is -0.490 e. The summed E-state index contributed by atoms with van der Waals surface area (Å²) < 4.78 is 6.30. The van der Waals surface area contributed by atoms with E-state index in [1.807, 2.05) is 12.1 Å². The molecule has 0 amide bonds. The minimum absolute atomic E-state index is 0.247. The van der Waals surface area contributed by atoms with E-state index >= 15 is 0 Å². The van der Waals surface area contributed by atoms with Crippen molar-refractivity contribution in [3.8, 4) is 5.75 Å². The third kappa shape index (κ3) is 4.94. The summed E-state index contributed by atoms with van der Waals surface area (Å²) in [6.07, 6.45) is 5.78. The summed E-state index contributed by atoms with van der Waals surface area (Å²) in [5, 5.41) is 10.3. The van der Waals surface area contributed by atoms with Gasteiger partial charge in [-0.2, -0.15) is 0 Å². The van der Waals surface area contributed by atoms with E-state index in [1.54, 1.807) is 0 Å². The normalized spacial score (nSPS) is 25.5. The van der Waals surface area contributed by atoms with Crippen LogP contribution in [0.1, 0.15) is 58.6 Å². The lowest BCUT2D eigenvalue weighted by atomic mass is 9.72. The number of benzene rings is 1. The Morgan fingerprint density at radius 3 is 2.57 bits per heavy atom. The van der Waals surface area contributed by atoms with E-state index in [9.17, 15) is 9.90 Å². The van der Waals surface area contributed by atoms with E-state index in [1.165, 1.54) is 12.8 Å². The average Bonchev–Trinajstić information content (AvgIpc) is 3.17. The van der Waals surface area contributed by atoms with E-state index in [4.69, 9.17) is 9.72 Å². The van der Waals surface area contributed by atoms with Crippen LogP contribution in [-0.4, -0.2) is 40.2 Å². The van der Waals surface area contributed by atoms with Gasteiger partial charge in [-0.1, -0.05) is 26.8 Å². The number of nitrogens with zero attached hydrogens (tertiary/aromatic N) is 2. The van der Waals surface area contributed by atoms with E-state index in [0.29, 0.717) is 24.6 Å². The van der Waals surface area contributed by atoms with Gasteiger partial charge in [0, 0.05) is 18.5 Å². The Labute approximate surface area is 179 Å². The zero-order valence-corrected chi connectivity index (χ0v) is 18.4. The Kier molecular flexibility index (Phi) is 6.01. The number of fused-ring (bicyclic) bond motifs is 1. The average molecular weight is 411 g/mol. The topological polar surface area (TPSA) is 62.7 Å². The van der Waals surface area contributed by atoms with Gasteiger partial charge in [-0.15, -0.1) is 0 Å². The monoisotopic (exact) mass is 410 g/mol. The zero-order valence-electron chi connectivity index (χ0n) is 18.4. The van der Waals surface area contributed by atoms with Gasteiger partial charge in [0.25, 0.3) is 0 Å². The predicted molar refractivity (Wildman–Crippen MR) is 119 cm³/mol. The van der Waals surface area contributed by atoms with Crippen molar-refractivity contribution >= 4 is 16.9 Å². The Morgan fingerprint density at radius 1 is 1.13 bits per heavy atom. The predicted octanol–water partition coefficient (Wildman–Crippen LogP) is 5.13. The Balaban J connectivity index is 1.36. The first-order valence-electron chi connectivity index (χ1n) is 11.3. The van der Waals surface area contributed by atoms with Crippen molar-refractivity contribution in [3.63, 3.8) is 0 Å². The Bertz CT molecular complexity index is 897. The van der Waals surface area contributed by atoms with Gasteiger partial charge in [-0.3, -0.25) is 14.7 Å². The highest BCUT2D eigenvalue weighted by Crippen LogP contribution is 2.39. The summed E-state index contributed by atoms with van der Waals surface area (Å²) >= 11 is 0. The molecule has 0 bridgehead atoms. The van der Waals surface area contributed by atoms with Gasteiger partial charge in [-0.05, 0) is 74.2 Å². The number of aliphatic carboxylic acids is 1. The fraction of sp³-hybridized carbons (Fsp3) is 0.600. The molecule has 2 fully saturated rings. The summed E-state index contributed by atoms with van der Waals surface area (Å²) in [5.74, 6) is 0.782. The van der Waals surface area contributed by atoms with Gasteiger partial charge >= 0.3 is 5.97 Å². The summed E-state index contributed by atoms with van der Waals surface area (Å²) in [6, 6.07) is 10.3. The Morgan fingerprint density at radius 2 is 1.90 bits per heavy atom. The van der Waals surface area contributed by atoms with Crippen molar-refractivity contribution in [2.24, 2.45) is 17.3 Å². The lowest BCUT2D eigenvalue weighted by Crippen LogP contribution is -2.30. The molecule has 1 N–H and O–H groups in total. The second kappa shape index (κ2) is 8.54. The van der Waals surface area contributed by atoms with E-state index in [2.05, 4.69) is 43.9 Å². The quantitative estimate of drug-likeness (QED) is 0.741. The molecule has 1 aromatic carbocycles. The minimum atomic E-state index is -0.691. The number of carboxylic acid groups (broad SMARTS) is 1. The Hall–Kier alpha value is -2.14. The molecule has 5 heteroatoms. The number of hydrogen-bond acceptors (Lipinski definition) is 4. The molecule has 1 saturated carbocycles. The number of likely N-dealkylation sites (tertiary alicyclic amines) is 1. The lowest BCUT2D eigenvalue weighted by molar-refractivity contribution is -0.141. The molecule has 1 saturated heterocycles. The molecule has 2 heterocycles. The molecule has 2 aliphatic rings. The van der Waals surface area contributed by atoms with Gasteiger partial charge in [0.2, 0.25) is 0 Å². The van der Waals surface area contributed by atoms with E-state index < -0.39 is 5.97 Å². The van der Waals surface area contributed by atoms with Crippen LogP contribution in [0.2, 0.25) is 0 Å². The standard InChI is InChI=1S/C25H34N2O3/c1-25(2,3)19-5-8-21(9-6-19)30-22-10-11-23-17(14-22)4-7-20(26-23)16-27-13-12-18(15-27)24(28)29/h4,7,10-11,14,18-19,21H,5-6,8-9,12-13,15-16H2,1-3H3,(H,28,29)/t18?,19-,21-. The van der Waals surface area contributed by atoms with Crippen LogP contribution in [-0.2, 0) is 11.3 Å². The van der Waals surface area contributed by atoms with Gasteiger partial charge < -0.3 is 9.84 Å². The number of hydrogen-bond donors (Lipinski definition) is 1. The van der Waals surface area contributed by atoms with Gasteiger partial charge in [-0.25, -0.2) is 0 Å². The van der Waals surface area contributed by atoms with Gasteiger partial charge in [0.15, 0.2) is 0 Å². The van der Waals surface area contributed by atoms with Crippen LogP contribution in [0.5, 0.6) is 5.75 Å². The van der Waals surface area contributed by atoms with Gasteiger partial charge in [0.1, 0.15) is 5.75 Å². The lowest BCUT2D eigenvalue weighted by Gasteiger charge is -2.36. The number of rotatable bonds is 5. The SMILES string of the molecule is CC(C)(C)[C@H]1CC[C@H](Oc2ccc3nc(CN4CCC(C(=O)O)C4)ccc3c2)CC1. The molecular weight excluding hydrogens is 376 g/mol. The smallest absolute Gasteiger partial charge is 0.307 e. The maximum atomic E-state index is 11.2. The molecule has 1 aliphatic carbocycles. The molecule has 5 nitrogen and oxygen atoms in total. The molecule has 162 valence electrons. The fourth-order valence-corrected chi connectivity index (χ4v) is 4.95. The molecule has 0 spiro atoms. The molecule has 1 atom stereocenters. The number of aromatic nitrogens is 1. The molecular formula is C25H34N2O3. The third-order valence-electron chi connectivity index (χ3n) is 6.93. The van der Waals surface area contributed by atoms with Crippen molar-refractivity contribution in [1.82, 2.24) is 9.88 Å². The van der Waals surface area contributed by atoms with Crippen LogP contribution in [0.4, 0.5) is 0 Å². The van der Waals surface area contributed by atoms with Crippen LogP contribution in [0.3, 0.4) is 0 Å². The highest BCUT2D eigenvalue weighted by molar-refractivity contribution is 5.80. The first-order chi connectivity index (χ1) is 14.3. The third-order valence-corrected chi connectivity index (χ3v) is 6.93. The summed E-state index contributed by atoms with van der Waals surface area (Å²) in [7, 11) is 0. The largest absolute Gasteiger partial charge is 0.490 e. The highest BCUT2D eigenvalue weighted by Gasteiger charge is 2.30. The first-order valence-corrected chi connectivity index (χ1v) is 11.3. The summed E-state index contributed by atoms with van der Waals surface area (Å²) in [5.41, 5.74) is 2.34. The molecule has 1 unspecified atom stereocenters. The molecule has 4 rings (SSSR count). The molecule has 1 aromatic heterocycles. The number of carbonyl (C=O) groups is 1. The van der Waals surface area contributed by atoms with E-state index in [0.717, 1.165) is 54.1 Å². The van der Waals surface area contributed by atoms with Crippen LogP contribution in [0.25, 0.3) is 10.9 Å². The molecule has 1 aliphatic heterocycles. The van der Waals surface area contributed by atoms with Crippen LogP contribution >= 0.6 is 0 Å². The number of carboxylic acids is 1. The van der Waals surface area contributed by atoms with Crippen LogP contribution < -0.4 is 4.74 Å².